The second kappa shape index (κ2) is 4.40. The molecule has 1 rings (SSSR count). The van der Waals surface area contributed by atoms with Crippen LogP contribution >= 0.6 is 27.5 Å². The van der Waals surface area contributed by atoms with Crippen molar-refractivity contribution in [3.8, 4) is 0 Å². The minimum Gasteiger partial charge on any atom is -0.312 e. The highest BCUT2D eigenvalue weighted by molar-refractivity contribution is 9.10. The Morgan fingerprint density at radius 3 is 2.47 bits per heavy atom. The Hall–Kier alpha value is -0.750. The number of carbonyl (C=O) groups excluding carboxylic acids is 1. The van der Waals surface area contributed by atoms with Gasteiger partial charge in [0.05, 0.1) is 11.3 Å². The van der Waals surface area contributed by atoms with E-state index in [1.165, 1.54) is 6.07 Å². The summed E-state index contributed by atoms with van der Waals surface area (Å²) in [5, 5.41) is 0.826. The van der Waals surface area contributed by atoms with Crippen LogP contribution in [0.2, 0.25) is 0 Å². The molecule has 0 saturated carbocycles. The smallest absolute Gasteiger partial charge is 0.312 e. The third kappa shape index (κ3) is 3.39. The SMILES string of the molecule is O=C(Cl)Nc1ccc(Br)cc1C(F)(F)F. The van der Waals surface area contributed by atoms with Crippen LogP contribution in [0, 0.1) is 0 Å². The first-order chi connectivity index (χ1) is 6.80. The van der Waals surface area contributed by atoms with Gasteiger partial charge < -0.3 is 5.32 Å². The van der Waals surface area contributed by atoms with Crippen LogP contribution in [0.5, 0.6) is 0 Å². The largest absolute Gasteiger partial charge is 0.418 e. The summed E-state index contributed by atoms with van der Waals surface area (Å²) < 4.78 is 37.7. The summed E-state index contributed by atoms with van der Waals surface area (Å²) in [7, 11) is 0. The number of benzene rings is 1. The average Bonchev–Trinajstić information content (AvgIpc) is 2.05. The first kappa shape index (κ1) is 12.3. The molecule has 0 fully saturated rings. The van der Waals surface area contributed by atoms with Gasteiger partial charge in [-0.3, -0.25) is 4.79 Å². The van der Waals surface area contributed by atoms with Gasteiger partial charge in [0.25, 0.3) is 0 Å². The van der Waals surface area contributed by atoms with Gasteiger partial charge in [0.1, 0.15) is 0 Å². The summed E-state index contributed by atoms with van der Waals surface area (Å²) in [6.45, 7) is 0. The molecule has 0 aliphatic carbocycles. The van der Waals surface area contributed by atoms with E-state index in [0.717, 1.165) is 12.1 Å². The zero-order chi connectivity index (χ0) is 11.6. The molecular weight excluding hydrogens is 298 g/mol. The topological polar surface area (TPSA) is 29.1 Å². The highest BCUT2D eigenvalue weighted by Gasteiger charge is 2.34. The minimum atomic E-state index is -4.54. The van der Waals surface area contributed by atoms with Gasteiger partial charge in [-0.05, 0) is 29.8 Å². The van der Waals surface area contributed by atoms with Crippen LogP contribution in [0.3, 0.4) is 0 Å². The monoisotopic (exact) mass is 301 g/mol. The van der Waals surface area contributed by atoms with Crippen LogP contribution in [0.15, 0.2) is 22.7 Å². The molecule has 0 bridgehead atoms. The average molecular weight is 302 g/mol. The molecule has 0 heterocycles. The standard InChI is InChI=1S/C8H4BrClF3NO/c9-4-1-2-6(14-7(10)15)5(3-4)8(11,12)13/h1-3H,(H,14,15). The van der Waals surface area contributed by atoms with E-state index in [1.54, 1.807) is 0 Å². The number of hydrogen-bond acceptors (Lipinski definition) is 1. The number of hydrogen-bond donors (Lipinski definition) is 1. The highest BCUT2D eigenvalue weighted by Crippen LogP contribution is 2.36. The van der Waals surface area contributed by atoms with Crippen molar-refractivity contribution in [3.05, 3.63) is 28.2 Å². The molecule has 0 aromatic heterocycles. The molecule has 0 spiro atoms. The normalized spacial score (nSPS) is 11.3. The number of alkyl halides is 3. The highest BCUT2D eigenvalue weighted by atomic mass is 79.9. The third-order valence-corrected chi connectivity index (χ3v) is 2.11. The van der Waals surface area contributed by atoms with Crippen LogP contribution in [0.25, 0.3) is 0 Å². The number of rotatable bonds is 1. The van der Waals surface area contributed by atoms with Crippen molar-refractivity contribution < 1.29 is 18.0 Å². The fraction of sp³-hybridized carbons (Fsp3) is 0.125. The number of carbonyl (C=O) groups is 1. The lowest BCUT2D eigenvalue weighted by molar-refractivity contribution is -0.136. The molecule has 1 aromatic rings. The Balaban J connectivity index is 3.20. The Labute approximate surface area is 96.5 Å². The van der Waals surface area contributed by atoms with E-state index < -0.39 is 17.1 Å². The summed E-state index contributed by atoms with van der Waals surface area (Å²) in [5.41, 5.74) is -1.32. The Kier molecular flexibility index (Phi) is 3.62. The van der Waals surface area contributed by atoms with Crippen LogP contribution in [-0.2, 0) is 6.18 Å². The van der Waals surface area contributed by atoms with E-state index in [0.29, 0.717) is 0 Å². The maximum Gasteiger partial charge on any atom is 0.418 e. The maximum absolute atomic E-state index is 12.5. The lowest BCUT2D eigenvalue weighted by Gasteiger charge is -2.12. The van der Waals surface area contributed by atoms with Crippen molar-refractivity contribution in [2.45, 2.75) is 6.18 Å². The molecule has 0 atom stereocenters. The van der Waals surface area contributed by atoms with Crippen LogP contribution in [0.1, 0.15) is 5.56 Å². The second-order valence-electron chi connectivity index (χ2n) is 2.59. The van der Waals surface area contributed by atoms with Crippen molar-refractivity contribution >= 4 is 38.6 Å². The van der Waals surface area contributed by atoms with Gasteiger partial charge >= 0.3 is 11.5 Å². The second-order valence-corrected chi connectivity index (χ2v) is 3.85. The third-order valence-electron chi connectivity index (χ3n) is 1.52. The molecule has 1 aromatic carbocycles. The van der Waals surface area contributed by atoms with Crippen molar-refractivity contribution in [3.63, 3.8) is 0 Å². The molecule has 0 aliphatic heterocycles. The first-order valence-corrected chi connectivity index (χ1v) is 4.81. The summed E-state index contributed by atoms with van der Waals surface area (Å²) in [6.07, 6.45) is -4.54. The summed E-state index contributed by atoms with van der Waals surface area (Å²) in [4.78, 5) is 10.5. The Morgan fingerprint density at radius 1 is 1.40 bits per heavy atom. The van der Waals surface area contributed by atoms with Crippen molar-refractivity contribution in [2.75, 3.05) is 5.32 Å². The quantitative estimate of drug-likeness (QED) is 0.610. The van der Waals surface area contributed by atoms with E-state index in [1.807, 2.05) is 5.32 Å². The van der Waals surface area contributed by atoms with Gasteiger partial charge in [0.2, 0.25) is 0 Å². The molecule has 1 N–H and O–H groups in total. The van der Waals surface area contributed by atoms with E-state index in [-0.39, 0.29) is 10.2 Å². The van der Waals surface area contributed by atoms with Gasteiger partial charge in [-0.2, -0.15) is 13.2 Å². The molecule has 0 radical (unpaired) electrons. The van der Waals surface area contributed by atoms with Crippen molar-refractivity contribution in [2.24, 2.45) is 0 Å². The van der Waals surface area contributed by atoms with Gasteiger partial charge in [0, 0.05) is 4.47 Å². The van der Waals surface area contributed by atoms with Gasteiger partial charge in [-0.1, -0.05) is 15.9 Å². The van der Waals surface area contributed by atoms with Crippen LogP contribution < -0.4 is 5.32 Å². The van der Waals surface area contributed by atoms with E-state index in [9.17, 15) is 18.0 Å². The lowest BCUT2D eigenvalue weighted by Crippen LogP contribution is -2.11. The zero-order valence-corrected chi connectivity index (χ0v) is 9.37. The number of amides is 1. The van der Waals surface area contributed by atoms with E-state index in [4.69, 9.17) is 11.6 Å². The van der Waals surface area contributed by atoms with Crippen LogP contribution in [0.4, 0.5) is 23.7 Å². The van der Waals surface area contributed by atoms with Crippen LogP contribution in [-0.4, -0.2) is 5.37 Å². The van der Waals surface area contributed by atoms with Crippen molar-refractivity contribution in [1.82, 2.24) is 0 Å². The molecule has 1 amide bonds. The number of halogens is 5. The maximum atomic E-state index is 12.5. The van der Waals surface area contributed by atoms with Gasteiger partial charge in [0.15, 0.2) is 0 Å². The van der Waals surface area contributed by atoms with Crippen molar-refractivity contribution in [1.29, 1.82) is 0 Å². The Bertz CT molecular complexity index is 394. The fourth-order valence-electron chi connectivity index (χ4n) is 0.966. The fourth-order valence-corrected chi connectivity index (χ4v) is 1.43. The summed E-state index contributed by atoms with van der Waals surface area (Å²) in [6, 6.07) is 3.35. The molecule has 0 aliphatic rings. The predicted molar refractivity (Wildman–Crippen MR) is 54.0 cm³/mol. The minimum absolute atomic E-state index is 0.266. The number of nitrogens with one attached hydrogen (secondary N) is 1. The van der Waals surface area contributed by atoms with E-state index >= 15 is 0 Å². The molecule has 2 nitrogen and oxygen atoms in total. The van der Waals surface area contributed by atoms with E-state index in [2.05, 4.69) is 15.9 Å². The first-order valence-electron chi connectivity index (χ1n) is 3.64. The number of anilines is 1. The molecule has 7 heteroatoms. The molecule has 0 unspecified atom stereocenters. The molecule has 0 saturated heterocycles. The molecule has 82 valence electrons. The molecular formula is C8H4BrClF3NO. The Morgan fingerprint density at radius 2 is 2.00 bits per heavy atom. The zero-order valence-electron chi connectivity index (χ0n) is 7.03. The predicted octanol–water partition coefficient (Wildman–Crippen LogP) is 4.24. The lowest BCUT2D eigenvalue weighted by atomic mass is 10.2. The summed E-state index contributed by atoms with van der Waals surface area (Å²) in [5.74, 6) is 0. The van der Waals surface area contributed by atoms with Gasteiger partial charge in [-0.25, -0.2) is 0 Å². The molecule has 15 heavy (non-hydrogen) atoms. The summed E-state index contributed by atoms with van der Waals surface area (Å²) >= 11 is 7.85. The van der Waals surface area contributed by atoms with Gasteiger partial charge in [-0.15, -0.1) is 0 Å².